The van der Waals surface area contributed by atoms with E-state index in [1.54, 1.807) is 13.0 Å². The first-order chi connectivity index (χ1) is 10.6. The number of hydrogen-bond donors (Lipinski definition) is 1. The SMILES string of the molecule is Cc1c(C(=O)OCC(=O)N[C@@H](C)C2CC2)oc2ccccc12. The first-order valence-corrected chi connectivity index (χ1v) is 7.51. The third kappa shape index (κ3) is 2.98. The van der Waals surface area contributed by atoms with Crippen molar-refractivity contribution in [2.24, 2.45) is 5.92 Å². The van der Waals surface area contributed by atoms with Crippen LogP contribution in [0.1, 0.15) is 35.9 Å². The summed E-state index contributed by atoms with van der Waals surface area (Å²) in [6.45, 7) is 3.49. The van der Waals surface area contributed by atoms with E-state index >= 15 is 0 Å². The Morgan fingerprint density at radius 3 is 2.77 bits per heavy atom. The third-order valence-corrected chi connectivity index (χ3v) is 4.08. The number of rotatable bonds is 5. The number of furan rings is 1. The lowest BCUT2D eigenvalue weighted by Crippen LogP contribution is -2.37. The van der Waals surface area contributed by atoms with Gasteiger partial charge in [0.2, 0.25) is 5.76 Å². The lowest BCUT2D eigenvalue weighted by Gasteiger charge is -2.12. The molecule has 1 heterocycles. The fourth-order valence-electron chi connectivity index (χ4n) is 2.58. The zero-order valence-electron chi connectivity index (χ0n) is 12.7. The largest absolute Gasteiger partial charge is 0.450 e. The van der Waals surface area contributed by atoms with E-state index in [2.05, 4.69) is 5.32 Å². The second-order valence-corrected chi connectivity index (χ2v) is 5.82. The van der Waals surface area contributed by atoms with E-state index in [0.717, 1.165) is 23.8 Å². The van der Waals surface area contributed by atoms with Crippen LogP contribution >= 0.6 is 0 Å². The predicted octanol–water partition coefficient (Wildman–Crippen LogP) is 2.81. The highest BCUT2D eigenvalue weighted by Crippen LogP contribution is 2.32. The molecule has 1 aliphatic rings. The van der Waals surface area contributed by atoms with Crippen LogP contribution in [0.2, 0.25) is 0 Å². The number of ether oxygens (including phenoxy) is 1. The van der Waals surface area contributed by atoms with Gasteiger partial charge in [-0.25, -0.2) is 4.79 Å². The molecule has 1 N–H and O–H groups in total. The molecule has 1 amide bonds. The summed E-state index contributed by atoms with van der Waals surface area (Å²) in [6, 6.07) is 7.54. The monoisotopic (exact) mass is 301 g/mol. The van der Waals surface area contributed by atoms with Gasteiger partial charge in [0.1, 0.15) is 5.58 Å². The maximum atomic E-state index is 12.1. The molecular weight excluding hydrogens is 282 g/mol. The van der Waals surface area contributed by atoms with Gasteiger partial charge in [0.15, 0.2) is 6.61 Å². The van der Waals surface area contributed by atoms with E-state index in [-0.39, 0.29) is 24.3 Å². The number of carbonyl (C=O) groups is 2. The molecule has 116 valence electrons. The van der Waals surface area contributed by atoms with Crippen LogP contribution in [0.25, 0.3) is 11.0 Å². The van der Waals surface area contributed by atoms with Crippen LogP contribution in [0.15, 0.2) is 28.7 Å². The van der Waals surface area contributed by atoms with Gasteiger partial charge in [-0.2, -0.15) is 0 Å². The molecule has 0 saturated heterocycles. The first-order valence-electron chi connectivity index (χ1n) is 7.51. The van der Waals surface area contributed by atoms with Crippen molar-refractivity contribution in [2.45, 2.75) is 32.7 Å². The number of benzene rings is 1. The highest BCUT2D eigenvalue weighted by Gasteiger charge is 2.29. The molecule has 5 nitrogen and oxygen atoms in total. The van der Waals surface area contributed by atoms with Gasteiger partial charge in [0, 0.05) is 17.0 Å². The van der Waals surface area contributed by atoms with Crippen LogP contribution in [0, 0.1) is 12.8 Å². The minimum atomic E-state index is -0.608. The number of para-hydroxylation sites is 1. The first kappa shape index (κ1) is 14.6. The molecule has 1 atom stereocenters. The normalized spacial score (nSPS) is 15.5. The van der Waals surface area contributed by atoms with Crippen molar-refractivity contribution in [3.8, 4) is 0 Å². The molecule has 0 spiro atoms. The number of aryl methyl sites for hydroxylation is 1. The van der Waals surface area contributed by atoms with Crippen molar-refractivity contribution in [3.05, 3.63) is 35.6 Å². The molecule has 1 aromatic carbocycles. The van der Waals surface area contributed by atoms with Gasteiger partial charge < -0.3 is 14.5 Å². The molecule has 1 aliphatic carbocycles. The van der Waals surface area contributed by atoms with Crippen LogP contribution in [0.4, 0.5) is 0 Å². The Morgan fingerprint density at radius 1 is 1.36 bits per heavy atom. The van der Waals surface area contributed by atoms with Gasteiger partial charge in [-0.15, -0.1) is 0 Å². The number of amides is 1. The van der Waals surface area contributed by atoms with Gasteiger partial charge in [0.25, 0.3) is 5.91 Å². The third-order valence-electron chi connectivity index (χ3n) is 4.08. The van der Waals surface area contributed by atoms with E-state index in [1.807, 2.05) is 25.1 Å². The average Bonchev–Trinajstić information content (AvgIpc) is 3.30. The topological polar surface area (TPSA) is 68.5 Å². The molecule has 22 heavy (non-hydrogen) atoms. The molecule has 1 fully saturated rings. The van der Waals surface area contributed by atoms with E-state index in [4.69, 9.17) is 9.15 Å². The second-order valence-electron chi connectivity index (χ2n) is 5.82. The Morgan fingerprint density at radius 2 is 2.09 bits per heavy atom. The molecule has 0 bridgehead atoms. The van der Waals surface area contributed by atoms with Crippen molar-refractivity contribution >= 4 is 22.8 Å². The number of carbonyl (C=O) groups excluding carboxylic acids is 2. The van der Waals surface area contributed by atoms with E-state index < -0.39 is 5.97 Å². The summed E-state index contributed by atoms with van der Waals surface area (Å²) in [7, 11) is 0. The molecule has 0 aliphatic heterocycles. The van der Waals surface area contributed by atoms with E-state index in [0.29, 0.717) is 11.5 Å². The molecule has 0 unspecified atom stereocenters. The Bertz CT molecular complexity index is 715. The van der Waals surface area contributed by atoms with Crippen LogP contribution in [0.3, 0.4) is 0 Å². The number of nitrogens with one attached hydrogen (secondary N) is 1. The van der Waals surface area contributed by atoms with Crippen molar-refractivity contribution in [2.75, 3.05) is 6.61 Å². The molecule has 2 aromatic rings. The highest BCUT2D eigenvalue weighted by molar-refractivity contribution is 5.96. The molecular formula is C17H19NO4. The van der Waals surface area contributed by atoms with Crippen molar-refractivity contribution in [1.29, 1.82) is 0 Å². The summed E-state index contributed by atoms with van der Waals surface area (Å²) in [5.41, 5.74) is 1.37. The van der Waals surface area contributed by atoms with Gasteiger partial charge in [-0.1, -0.05) is 18.2 Å². The lowest BCUT2D eigenvalue weighted by atomic mass is 10.1. The van der Waals surface area contributed by atoms with E-state index in [1.165, 1.54) is 0 Å². The van der Waals surface area contributed by atoms with Gasteiger partial charge in [-0.3, -0.25) is 4.79 Å². The Hall–Kier alpha value is -2.30. The fourth-order valence-corrected chi connectivity index (χ4v) is 2.58. The number of fused-ring (bicyclic) bond motifs is 1. The summed E-state index contributed by atoms with van der Waals surface area (Å²) in [4.78, 5) is 23.8. The standard InChI is InChI=1S/C17H19NO4/c1-10-13-5-3-4-6-14(13)22-16(10)17(20)21-9-15(19)18-11(2)12-7-8-12/h3-6,11-12H,7-9H2,1-2H3,(H,18,19)/t11-/m0/s1. The van der Waals surface area contributed by atoms with Crippen molar-refractivity contribution in [3.63, 3.8) is 0 Å². The quantitative estimate of drug-likeness (QED) is 0.862. The second kappa shape index (κ2) is 5.83. The Kier molecular flexibility index (Phi) is 3.88. The van der Waals surface area contributed by atoms with Gasteiger partial charge >= 0.3 is 5.97 Å². The number of esters is 1. The molecule has 5 heteroatoms. The molecule has 1 aromatic heterocycles. The Labute approximate surface area is 128 Å². The summed E-state index contributed by atoms with van der Waals surface area (Å²) in [5.74, 6) is -0.161. The summed E-state index contributed by atoms with van der Waals surface area (Å²) in [6.07, 6.45) is 2.30. The minimum Gasteiger partial charge on any atom is -0.450 e. The van der Waals surface area contributed by atoms with Crippen molar-refractivity contribution in [1.82, 2.24) is 5.32 Å². The van der Waals surface area contributed by atoms with Gasteiger partial charge in [-0.05, 0) is 38.7 Å². The van der Waals surface area contributed by atoms with Crippen LogP contribution in [-0.2, 0) is 9.53 Å². The van der Waals surface area contributed by atoms with Crippen molar-refractivity contribution < 1.29 is 18.7 Å². The summed E-state index contributed by atoms with van der Waals surface area (Å²) < 4.78 is 10.6. The Balaban J connectivity index is 1.61. The van der Waals surface area contributed by atoms with Crippen LogP contribution in [0.5, 0.6) is 0 Å². The van der Waals surface area contributed by atoms with Crippen LogP contribution in [-0.4, -0.2) is 24.5 Å². The predicted molar refractivity (Wildman–Crippen MR) is 81.6 cm³/mol. The zero-order chi connectivity index (χ0) is 15.7. The minimum absolute atomic E-state index is 0.138. The van der Waals surface area contributed by atoms with Gasteiger partial charge in [0.05, 0.1) is 0 Å². The zero-order valence-corrected chi connectivity index (χ0v) is 12.7. The summed E-state index contributed by atoms with van der Waals surface area (Å²) >= 11 is 0. The maximum absolute atomic E-state index is 12.1. The fraction of sp³-hybridized carbons (Fsp3) is 0.412. The lowest BCUT2D eigenvalue weighted by molar-refractivity contribution is -0.125. The summed E-state index contributed by atoms with van der Waals surface area (Å²) in [5, 5.41) is 3.72. The molecule has 0 radical (unpaired) electrons. The highest BCUT2D eigenvalue weighted by atomic mass is 16.5. The number of hydrogen-bond acceptors (Lipinski definition) is 4. The molecule has 1 saturated carbocycles. The van der Waals surface area contributed by atoms with Crippen LogP contribution < -0.4 is 5.32 Å². The van der Waals surface area contributed by atoms with E-state index in [9.17, 15) is 9.59 Å². The maximum Gasteiger partial charge on any atom is 0.375 e. The average molecular weight is 301 g/mol. The smallest absolute Gasteiger partial charge is 0.375 e. The molecule has 3 rings (SSSR count).